The predicted molar refractivity (Wildman–Crippen MR) is 96.9 cm³/mol. The van der Waals surface area contributed by atoms with Crippen LogP contribution >= 0.6 is 23.2 Å². The fourth-order valence-electron chi connectivity index (χ4n) is 2.33. The van der Waals surface area contributed by atoms with Crippen molar-refractivity contribution in [2.75, 3.05) is 5.32 Å². The van der Waals surface area contributed by atoms with Crippen LogP contribution in [0.2, 0.25) is 10.0 Å². The summed E-state index contributed by atoms with van der Waals surface area (Å²) in [5.41, 5.74) is 1.36. The van der Waals surface area contributed by atoms with E-state index in [9.17, 15) is 9.59 Å². The molecule has 0 spiro atoms. The first-order valence-corrected chi connectivity index (χ1v) is 7.85. The van der Waals surface area contributed by atoms with Crippen molar-refractivity contribution in [3.8, 4) is 11.1 Å². The minimum absolute atomic E-state index is 0.0368. The molecule has 1 heterocycles. The molecule has 1 amide bonds. The Balaban J connectivity index is 2.01. The van der Waals surface area contributed by atoms with Crippen molar-refractivity contribution in [1.82, 2.24) is 4.98 Å². The molecule has 3 rings (SSSR count). The number of benzene rings is 2. The van der Waals surface area contributed by atoms with E-state index in [0.717, 1.165) is 5.56 Å². The first kappa shape index (κ1) is 16.3. The normalized spacial score (nSPS) is 10.4. The molecule has 1 aromatic heterocycles. The first-order valence-electron chi connectivity index (χ1n) is 7.10. The SMILES string of the molecule is O=C(Nc1ccc(Cl)c(Cl)c1)c1c(-c2ccccc2)cc[nH]c1=O. The number of nitrogens with one attached hydrogen (secondary N) is 2. The Kier molecular flexibility index (Phi) is 4.69. The standard InChI is InChI=1S/C18H12Cl2N2O2/c19-14-7-6-12(10-15(14)20)22-18(24)16-13(8-9-21-17(16)23)11-4-2-1-3-5-11/h1-10H,(H,21,23)(H,22,24). The molecule has 0 aliphatic carbocycles. The van der Waals surface area contributed by atoms with Gasteiger partial charge in [-0.25, -0.2) is 0 Å². The van der Waals surface area contributed by atoms with Gasteiger partial charge in [-0.1, -0.05) is 53.5 Å². The zero-order chi connectivity index (χ0) is 17.1. The van der Waals surface area contributed by atoms with Gasteiger partial charge >= 0.3 is 0 Å². The maximum Gasteiger partial charge on any atom is 0.261 e. The number of aromatic amines is 1. The van der Waals surface area contributed by atoms with Gasteiger partial charge in [-0.2, -0.15) is 0 Å². The van der Waals surface area contributed by atoms with Crippen LogP contribution in [0.5, 0.6) is 0 Å². The highest BCUT2D eigenvalue weighted by Crippen LogP contribution is 2.26. The van der Waals surface area contributed by atoms with Crippen LogP contribution in [0.15, 0.2) is 65.6 Å². The van der Waals surface area contributed by atoms with Gasteiger partial charge in [0.15, 0.2) is 0 Å². The molecule has 3 aromatic rings. The fourth-order valence-corrected chi connectivity index (χ4v) is 2.63. The van der Waals surface area contributed by atoms with E-state index in [1.165, 1.54) is 12.3 Å². The highest BCUT2D eigenvalue weighted by atomic mass is 35.5. The maximum atomic E-state index is 12.6. The second-order valence-electron chi connectivity index (χ2n) is 5.04. The van der Waals surface area contributed by atoms with E-state index in [0.29, 0.717) is 21.3 Å². The van der Waals surface area contributed by atoms with E-state index in [2.05, 4.69) is 10.3 Å². The molecule has 6 heteroatoms. The van der Waals surface area contributed by atoms with Crippen LogP contribution in [0.1, 0.15) is 10.4 Å². The highest BCUT2D eigenvalue weighted by molar-refractivity contribution is 6.42. The lowest BCUT2D eigenvalue weighted by Crippen LogP contribution is -2.24. The molecule has 2 aromatic carbocycles. The number of carbonyl (C=O) groups is 1. The van der Waals surface area contributed by atoms with Gasteiger partial charge in [0.2, 0.25) is 0 Å². The topological polar surface area (TPSA) is 62.0 Å². The van der Waals surface area contributed by atoms with Gasteiger partial charge in [0.25, 0.3) is 11.5 Å². The number of hydrogen-bond acceptors (Lipinski definition) is 2. The van der Waals surface area contributed by atoms with Crippen LogP contribution in [0.25, 0.3) is 11.1 Å². The van der Waals surface area contributed by atoms with Crippen LogP contribution in [0, 0.1) is 0 Å². The van der Waals surface area contributed by atoms with Gasteiger partial charge in [-0.15, -0.1) is 0 Å². The molecular weight excluding hydrogens is 347 g/mol. The van der Waals surface area contributed by atoms with E-state index in [-0.39, 0.29) is 5.56 Å². The largest absolute Gasteiger partial charge is 0.328 e. The summed E-state index contributed by atoms with van der Waals surface area (Å²) in [5.74, 6) is -0.519. The van der Waals surface area contributed by atoms with Gasteiger partial charge in [0, 0.05) is 17.4 Å². The number of pyridine rings is 1. The Morgan fingerprint density at radius 1 is 0.958 bits per heavy atom. The molecule has 0 aliphatic rings. The average Bonchev–Trinajstić information content (AvgIpc) is 2.58. The lowest BCUT2D eigenvalue weighted by molar-refractivity contribution is 0.102. The smallest absolute Gasteiger partial charge is 0.261 e. The Hall–Kier alpha value is -2.56. The molecule has 0 atom stereocenters. The number of rotatable bonds is 3. The Morgan fingerprint density at radius 3 is 2.42 bits per heavy atom. The molecule has 24 heavy (non-hydrogen) atoms. The van der Waals surface area contributed by atoms with E-state index < -0.39 is 11.5 Å². The lowest BCUT2D eigenvalue weighted by Gasteiger charge is -2.10. The minimum atomic E-state index is -0.519. The third-order valence-corrected chi connectivity index (χ3v) is 4.19. The summed E-state index contributed by atoms with van der Waals surface area (Å²) < 4.78 is 0. The van der Waals surface area contributed by atoms with Crippen molar-refractivity contribution >= 4 is 34.8 Å². The summed E-state index contributed by atoms with van der Waals surface area (Å²) in [6.45, 7) is 0. The second kappa shape index (κ2) is 6.91. The summed E-state index contributed by atoms with van der Waals surface area (Å²) in [4.78, 5) is 27.4. The van der Waals surface area contributed by atoms with Crippen LogP contribution in [0.4, 0.5) is 5.69 Å². The minimum Gasteiger partial charge on any atom is -0.328 e. The number of aromatic nitrogens is 1. The molecular formula is C18H12Cl2N2O2. The Bertz CT molecular complexity index is 953. The molecule has 0 aliphatic heterocycles. The zero-order valence-electron chi connectivity index (χ0n) is 12.3. The number of carbonyl (C=O) groups excluding carboxylic acids is 1. The molecule has 0 unspecified atom stereocenters. The van der Waals surface area contributed by atoms with Gasteiger partial charge in [0.1, 0.15) is 5.56 Å². The molecule has 2 N–H and O–H groups in total. The van der Waals surface area contributed by atoms with Crippen molar-refractivity contribution < 1.29 is 4.79 Å². The van der Waals surface area contributed by atoms with Crippen LogP contribution in [-0.4, -0.2) is 10.9 Å². The third-order valence-electron chi connectivity index (χ3n) is 3.45. The number of hydrogen-bond donors (Lipinski definition) is 2. The van der Waals surface area contributed by atoms with Crippen LogP contribution < -0.4 is 10.9 Å². The molecule has 0 radical (unpaired) electrons. The van der Waals surface area contributed by atoms with E-state index >= 15 is 0 Å². The van der Waals surface area contributed by atoms with Gasteiger partial charge in [-0.3, -0.25) is 9.59 Å². The molecule has 0 saturated carbocycles. The maximum absolute atomic E-state index is 12.6. The van der Waals surface area contributed by atoms with Gasteiger partial charge in [0.05, 0.1) is 10.0 Å². The Labute approximate surface area is 148 Å². The number of amides is 1. The average molecular weight is 359 g/mol. The van der Waals surface area contributed by atoms with Crippen molar-refractivity contribution in [3.63, 3.8) is 0 Å². The zero-order valence-corrected chi connectivity index (χ0v) is 13.9. The molecule has 0 fully saturated rings. The first-order chi connectivity index (χ1) is 11.6. The van der Waals surface area contributed by atoms with Crippen molar-refractivity contribution in [3.05, 3.63) is 86.8 Å². The molecule has 0 bridgehead atoms. The van der Waals surface area contributed by atoms with Crippen molar-refractivity contribution in [2.45, 2.75) is 0 Å². The number of anilines is 1. The lowest BCUT2D eigenvalue weighted by atomic mass is 10.0. The van der Waals surface area contributed by atoms with Gasteiger partial charge < -0.3 is 10.3 Å². The van der Waals surface area contributed by atoms with Crippen LogP contribution in [0.3, 0.4) is 0 Å². The summed E-state index contributed by atoms with van der Waals surface area (Å²) in [7, 11) is 0. The number of H-pyrrole nitrogens is 1. The van der Waals surface area contributed by atoms with Crippen molar-refractivity contribution in [1.29, 1.82) is 0 Å². The summed E-state index contributed by atoms with van der Waals surface area (Å²) >= 11 is 11.8. The predicted octanol–water partition coefficient (Wildman–Crippen LogP) is 4.60. The molecule has 4 nitrogen and oxygen atoms in total. The Morgan fingerprint density at radius 2 is 1.71 bits per heavy atom. The van der Waals surface area contributed by atoms with E-state index in [4.69, 9.17) is 23.2 Å². The monoisotopic (exact) mass is 358 g/mol. The summed E-state index contributed by atoms with van der Waals surface area (Å²) in [6, 6.07) is 15.6. The fraction of sp³-hybridized carbons (Fsp3) is 0. The number of halogens is 2. The van der Waals surface area contributed by atoms with Crippen molar-refractivity contribution in [2.24, 2.45) is 0 Å². The van der Waals surface area contributed by atoms with E-state index in [1.807, 2.05) is 30.3 Å². The molecule has 0 saturated heterocycles. The van der Waals surface area contributed by atoms with Crippen LogP contribution in [-0.2, 0) is 0 Å². The summed E-state index contributed by atoms with van der Waals surface area (Å²) in [5, 5.41) is 3.38. The summed E-state index contributed by atoms with van der Waals surface area (Å²) in [6.07, 6.45) is 1.51. The quantitative estimate of drug-likeness (QED) is 0.718. The second-order valence-corrected chi connectivity index (χ2v) is 5.86. The van der Waals surface area contributed by atoms with Gasteiger partial charge in [-0.05, 0) is 29.8 Å². The third kappa shape index (κ3) is 3.35. The molecule has 120 valence electrons. The highest BCUT2D eigenvalue weighted by Gasteiger charge is 2.17. The van der Waals surface area contributed by atoms with E-state index in [1.54, 1.807) is 18.2 Å².